The van der Waals surface area contributed by atoms with Crippen molar-refractivity contribution in [2.75, 3.05) is 0 Å². The molecule has 6 atom stereocenters. The number of nitrogens with zero attached hydrogens (tertiary/aromatic N) is 3. The maximum absolute atomic E-state index is 12.9. The minimum absolute atomic E-state index is 0.0471. The van der Waals surface area contributed by atoms with Gasteiger partial charge in [-0.25, -0.2) is 18.1 Å². The van der Waals surface area contributed by atoms with Crippen LogP contribution in [0.3, 0.4) is 0 Å². The third-order valence-corrected chi connectivity index (χ3v) is 11.4. The molecule has 1 N–H and O–H groups in total. The van der Waals surface area contributed by atoms with E-state index in [0.29, 0.717) is 17.8 Å². The lowest BCUT2D eigenvalue weighted by Crippen LogP contribution is -2.51. The number of rotatable bonds is 4. The molecule has 3 unspecified atom stereocenters. The number of nitrogens with one attached hydrogen (secondary N) is 1. The number of hydrogen-bond acceptors (Lipinski definition) is 4. The summed E-state index contributed by atoms with van der Waals surface area (Å²) in [5.74, 6) is 2.02. The molecule has 6 nitrogen and oxygen atoms in total. The summed E-state index contributed by atoms with van der Waals surface area (Å²) in [5, 5.41) is 0. The number of aryl methyl sites for hydroxylation is 1. The Morgan fingerprint density at radius 1 is 1.09 bits per heavy atom. The number of aromatic nitrogens is 3. The Hall–Kier alpha value is -2.25. The molecule has 4 aliphatic rings. The highest BCUT2D eigenvalue weighted by Crippen LogP contribution is 2.65. The molecule has 2 aromatic rings. The van der Waals surface area contributed by atoms with E-state index < -0.39 is 10.0 Å². The second-order valence-electron chi connectivity index (χ2n) is 11.7. The van der Waals surface area contributed by atoms with Gasteiger partial charge in [-0.1, -0.05) is 31.6 Å². The highest BCUT2D eigenvalue weighted by molar-refractivity contribution is 7.89. The third-order valence-electron chi connectivity index (χ3n) is 9.90. The van der Waals surface area contributed by atoms with Gasteiger partial charge in [-0.3, -0.25) is 4.98 Å². The Bertz CT molecular complexity index is 1300. The van der Waals surface area contributed by atoms with Crippen LogP contribution >= 0.6 is 0 Å². The average Bonchev–Trinajstić information content (AvgIpc) is 3.42. The van der Waals surface area contributed by atoms with Crippen molar-refractivity contribution in [1.82, 2.24) is 19.3 Å². The molecule has 2 heterocycles. The van der Waals surface area contributed by atoms with E-state index in [1.165, 1.54) is 30.3 Å². The van der Waals surface area contributed by atoms with Crippen LogP contribution in [0.15, 0.2) is 59.7 Å². The molecule has 0 aromatic carbocycles. The van der Waals surface area contributed by atoms with Crippen LogP contribution in [-0.2, 0) is 10.0 Å². The Labute approximate surface area is 209 Å². The lowest BCUT2D eigenvalue weighted by atomic mass is 9.47. The molecule has 0 spiro atoms. The first-order chi connectivity index (χ1) is 16.7. The van der Waals surface area contributed by atoms with Crippen molar-refractivity contribution in [3.63, 3.8) is 0 Å². The van der Waals surface area contributed by atoms with Crippen LogP contribution in [0.4, 0.5) is 0 Å². The van der Waals surface area contributed by atoms with Crippen molar-refractivity contribution in [3.05, 3.63) is 60.5 Å². The van der Waals surface area contributed by atoms with Gasteiger partial charge in [0.1, 0.15) is 4.90 Å². The SMILES string of the molecule is Cc1cn(C2=CCC3C4CC=C5C[C@@H](NS(=O)(=O)c6cccnc6)CC[C@]5(C)C4CC[C@]23C)cn1. The van der Waals surface area contributed by atoms with E-state index >= 15 is 0 Å². The summed E-state index contributed by atoms with van der Waals surface area (Å²) in [6.07, 6.45) is 19.6. The van der Waals surface area contributed by atoms with Gasteiger partial charge in [0.15, 0.2) is 0 Å². The highest BCUT2D eigenvalue weighted by Gasteiger charge is 2.57. The first kappa shape index (κ1) is 23.2. The fourth-order valence-electron chi connectivity index (χ4n) is 8.05. The minimum Gasteiger partial charge on any atom is -0.310 e. The maximum Gasteiger partial charge on any atom is 0.242 e. The fourth-order valence-corrected chi connectivity index (χ4v) is 9.29. The summed E-state index contributed by atoms with van der Waals surface area (Å²) in [6.45, 7) is 7.00. The van der Waals surface area contributed by atoms with Gasteiger partial charge >= 0.3 is 0 Å². The van der Waals surface area contributed by atoms with Crippen molar-refractivity contribution in [3.8, 4) is 0 Å². The molecule has 0 aliphatic heterocycles. The molecular weight excluding hydrogens is 456 g/mol. The number of allylic oxidation sites excluding steroid dienone is 3. The van der Waals surface area contributed by atoms with Crippen molar-refractivity contribution in [2.45, 2.75) is 76.7 Å². The van der Waals surface area contributed by atoms with Crippen LogP contribution in [0.2, 0.25) is 0 Å². The number of hydrogen-bond donors (Lipinski definition) is 1. The largest absolute Gasteiger partial charge is 0.310 e. The van der Waals surface area contributed by atoms with Crippen LogP contribution in [0.1, 0.15) is 64.5 Å². The van der Waals surface area contributed by atoms with Gasteiger partial charge in [0, 0.05) is 35.7 Å². The van der Waals surface area contributed by atoms with Gasteiger partial charge in [-0.2, -0.15) is 0 Å². The fraction of sp³-hybridized carbons (Fsp3) is 0.571. The number of sulfonamides is 1. The van der Waals surface area contributed by atoms with Crippen LogP contribution in [0.5, 0.6) is 0 Å². The highest BCUT2D eigenvalue weighted by atomic mass is 32.2. The van der Waals surface area contributed by atoms with E-state index in [2.05, 4.69) is 58.4 Å². The second-order valence-corrected chi connectivity index (χ2v) is 13.4. The molecule has 2 saturated carbocycles. The zero-order valence-corrected chi connectivity index (χ0v) is 21.8. The van der Waals surface area contributed by atoms with E-state index in [1.807, 2.05) is 6.33 Å². The van der Waals surface area contributed by atoms with Crippen molar-refractivity contribution >= 4 is 15.7 Å². The summed E-state index contributed by atoms with van der Waals surface area (Å²) >= 11 is 0. The van der Waals surface area contributed by atoms with E-state index in [9.17, 15) is 8.42 Å². The number of fused-ring (bicyclic) bond motifs is 5. The summed E-state index contributed by atoms with van der Waals surface area (Å²) < 4.78 is 31.0. The normalized spacial score (nSPS) is 36.5. The molecule has 0 bridgehead atoms. The third kappa shape index (κ3) is 3.65. The van der Waals surface area contributed by atoms with Gasteiger partial charge in [0.05, 0.1) is 12.0 Å². The van der Waals surface area contributed by atoms with E-state index in [4.69, 9.17) is 0 Å². The van der Waals surface area contributed by atoms with E-state index in [1.54, 1.807) is 18.3 Å². The summed E-state index contributed by atoms with van der Waals surface area (Å²) in [5.41, 5.74) is 4.36. The zero-order valence-electron chi connectivity index (χ0n) is 20.9. The Balaban J connectivity index is 1.21. The average molecular weight is 493 g/mol. The molecule has 0 saturated heterocycles. The second kappa shape index (κ2) is 8.13. The first-order valence-electron chi connectivity index (χ1n) is 13.0. The Morgan fingerprint density at radius 3 is 2.66 bits per heavy atom. The molecule has 35 heavy (non-hydrogen) atoms. The topological polar surface area (TPSA) is 76.9 Å². The van der Waals surface area contributed by atoms with Crippen LogP contribution in [-0.4, -0.2) is 29.0 Å². The summed E-state index contributed by atoms with van der Waals surface area (Å²) in [4.78, 5) is 8.72. The van der Waals surface area contributed by atoms with Gasteiger partial charge in [-0.15, -0.1) is 0 Å². The summed E-state index contributed by atoms with van der Waals surface area (Å²) in [6, 6.07) is 3.24. The maximum atomic E-state index is 12.9. The monoisotopic (exact) mass is 492 g/mol. The minimum atomic E-state index is -3.55. The molecule has 186 valence electrons. The standard InChI is InChI=1S/C28H36N4O2S/c1-19-17-32(18-30-19)26-9-8-24-23-7-6-20-15-21(31-35(33,34)22-5-4-14-29-16-22)10-12-27(20,2)25(23)11-13-28(24,26)3/h4-6,9,14,16-18,21,23-25,31H,7-8,10-13,15H2,1-3H3/t21-,23?,24?,25?,27-,28-/m0/s1. The number of imidazole rings is 1. The molecule has 0 amide bonds. The van der Waals surface area contributed by atoms with Crippen LogP contribution in [0.25, 0.3) is 5.70 Å². The molecular formula is C28H36N4O2S. The van der Waals surface area contributed by atoms with Gasteiger partial charge < -0.3 is 4.57 Å². The van der Waals surface area contributed by atoms with Gasteiger partial charge in [0.2, 0.25) is 10.0 Å². The molecule has 6 rings (SSSR count). The van der Waals surface area contributed by atoms with Crippen LogP contribution < -0.4 is 4.72 Å². The number of pyridine rings is 1. The van der Waals surface area contributed by atoms with Crippen LogP contribution in [0, 0.1) is 35.5 Å². The van der Waals surface area contributed by atoms with Crippen molar-refractivity contribution in [2.24, 2.45) is 28.6 Å². The molecule has 0 radical (unpaired) electrons. The predicted molar refractivity (Wildman–Crippen MR) is 137 cm³/mol. The molecule has 2 fully saturated rings. The summed E-state index contributed by atoms with van der Waals surface area (Å²) in [7, 11) is -3.55. The van der Waals surface area contributed by atoms with Crippen molar-refractivity contribution < 1.29 is 8.42 Å². The quantitative estimate of drug-likeness (QED) is 0.584. The molecule has 2 aromatic heterocycles. The van der Waals surface area contributed by atoms with E-state index in [0.717, 1.165) is 37.8 Å². The van der Waals surface area contributed by atoms with E-state index in [-0.39, 0.29) is 21.8 Å². The zero-order chi connectivity index (χ0) is 24.4. The Morgan fingerprint density at radius 2 is 1.91 bits per heavy atom. The lowest BCUT2D eigenvalue weighted by molar-refractivity contribution is -0.0132. The van der Waals surface area contributed by atoms with Gasteiger partial charge in [0.25, 0.3) is 0 Å². The first-order valence-corrected chi connectivity index (χ1v) is 14.5. The predicted octanol–water partition coefficient (Wildman–Crippen LogP) is 5.35. The van der Waals surface area contributed by atoms with Gasteiger partial charge in [-0.05, 0) is 87.2 Å². The molecule has 4 aliphatic carbocycles. The molecule has 7 heteroatoms. The Kier molecular flexibility index (Phi) is 5.38. The lowest BCUT2D eigenvalue weighted by Gasteiger charge is -2.58. The smallest absolute Gasteiger partial charge is 0.242 e. The van der Waals surface area contributed by atoms with Crippen molar-refractivity contribution in [1.29, 1.82) is 0 Å².